The first-order valence-corrected chi connectivity index (χ1v) is 12.7. The van der Waals surface area contributed by atoms with Gasteiger partial charge in [-0.15, -0.1) is 6.58 Å². The van der Waals surface area contributed by atoms with Crippen LogP contribution in [0.5, 0.6) is 0 Å². The van der Waals surface area contributed by atoms with Gasteiger partial charge in [0.1, 0.15) is 18.2 Å². The zero-order valence-corrected chi connectivity index (χ0v) is 21.2. The number of amides is 2. The van der Waals surface area contributed by atoms with Crippen molar-refractivity contribution < 1.29 is 29.0 Å². The van der Waals surface area contributed by atoms with E-state index in [0.717, 1.165) is 16.8 Å². The van der Waals surface area contributed by atoms with Crippen LogP contribution in [0, 0.1) is 25.7 Å². The number of carbonyl (C=O) groups excluding carboxylic acids is 3. The van der Waals surface area contributed by atoms with Crippen molar-refractivity contribution in [3.05, 3.63) is 54.6 Å². The minimum absolute atomic E-state index is 0.00459. The smallest absolute Gasteiger partial charge is 0.312 e. The number of anilines is 1. The molecule has 1 N–H and O–H groups in total. The number of fused-ring (bicyclic) bond motifs is 1. The molecule has 1 aromatic rings. The summed E-state index contributed by atoms with van der Waals surface area (Å²) in [5, 5.41) is 9.32. The number of aliphatic hydroxyl groups is 1. The fourth-order valence-corrected chi connectivity index (χ4v) is 6.17. The van der Waals surface area contributed by atoms with Crippen molar-refractivity contribution >= 4 is 23.5 Å². The maximum Gasteiger partial charge on any atom is 0.312 e. The monoisotopic (exact) mass is 496 g/mol. The second-order valence-electron chi connectivity index (χ2n) is 9.96. The van der Waals surface area contributed by atoms with E-state index in [4.69, 9.17) is 9.47 Å². The Bertz CT molecular complexity index is 1050. The van der Waals surface area contributed by atoms with E-state index in [1.165, 1.54) is 6.08 Å². The minimum atomic E-state index is -1.09. The summed E-state index contributed by atoms with van der Waals surface area (Å²) in [6.07, 6.45) is 4.84. The number of esters is 1. The number of carbonyl (C=O) groups is 3. The standard InChI is InChI=1S/C28H36N2O6/c1-5-13-29(20-17-18(3)9-10-19(20)4)26(33)24-28-12-11-21(36-28)22(27(34)35-16-6-2)23(28)25(32)30(24)14-7-8-15-31/h5-6,9-10,17,21-24,31H,1-2,7-8,11-16H2,3-4H3/t21-,22+,23-,24?,28?/m0/s1. The molecular formula is C28H36N2O6. The van der Waals surface area contributed by atoms with Gasteiger partial charge in [-0.3, -0.25) is 14.4 Å². The van der Waals surface area contributed by atoms with Crippen LogP contribution < -0.4 is 4.90 Å². The summed E-state index contributed by atoms with van der Waals surface area (Å²) in [5.41, 5.74) is 1.62. The van der Waals surface area contributed by atoms with Gasteiger partial charge >= 0.3 is 5.97 Å². The third-order valence-electron chi connectivity index (χ3n) is 7.69. The molecule has 1 spiro atoms. The van der Waals surface area contributed by atoms with Gasteiger partial charge in [-0.1, -0.05) is 30.9 Å². The SMILES string of the molecule is C=CCOC(=O)[C@@H]1[C@@H]2CCC3(O2)C(C(=O)N(CC=C)c2cc(C)ccc2C)N(CCCCO)C(=O)[C@H]13. The highest BCUT2D eigenvalue weighted by Crippen LogP contribution is 2.59. The molecule has 3 fully saturated rings. The van der Waals surface area contributed by atoms with Crippen LogP contribution in [-0.4, -0.2) is 71.8 Å². The Morgan fingerprint density at radius 1 is 1.28 bits per heavy atom. The molecule has 0 radical (unpaired) electrons. The number of likely N-dealkylation sites (tertiary alicyclic amines) is 1. The number of ether oxygens (including phenoxy) is 2. The molecule has 0 saturated carbocycles. The van der Waals surface area contributed by atoms with Crippen LogP contribution >= 0.6 is 0 Å². The first kappa shape index (κ1) is 26.1. The topological polar surface area (TPSA) is 96.4 Å². The number of aryl methyl sites for hydroxylation is 2. The molecule has 3 saturated heterocycles. The molecule has 8 nitrogen and oxygen atoms in total. The average molecular weight is 497 g/mol. The maximum absolute atomic E-state index is 14.4. The molecule has 1 aromatic carbocycles. The van der Waals surface area contributed by atoms with Crippen LogP contribution in [-0.2, 0) is 23.9 Å². The van der Waals surface area contributed by atoms with E-state index in [-0.39, 0.29) is 31.6 Å². The van der Waals surface area contributed by atoms with Crippen LogP contribution in [0.4, 0.5) is 5.69 Å². The van der Waals surface area contributed by atoms with Gasteiger partial charge in [-0.25, -0.2) is 0 Å². The normalized spacial score (nSPS) is 28.2. The summed E-state index contributed by atoms with van der Waals surface area (Å²) in [5.74, 6) is -2.52. The number of hydrogen-bond acceptors (Lipinski definition) is 6. The zero-order chi connectivity index (χ0) is 26.0. The van der Waals surface area contributed by atoms with Crippen LogP contribution in [0.2, 0.25) is 0 Å². The first-order chi connectivity index (χ1) is 17.3. The Morgan fingerprint density at radius 2 is 2.06 bits per heavy atom. The zero-order valence-electron chi connectivity index (χ0n) is 21.2. The van der Waals surface area contributed by atoms with E-state index in [2.05, 4.69) is 13.2 Å². The highest BCUT2D eigenvalue weighted by Gasteiger charge is 2.75. The molecule has 2 amide bonds. The van der Waals surface area contributed by atoms with Crippen molar-refractivity contribution in [3.8, 4) is 0 Å². The predicted molar refractivity (Wildman–Crippen MR) is 135 cm³/mol. The number of unbranched alkanes of at least 4 members (excludes halogenated alkanes) is 1. The van der Waals surface area contributed by atoms with E-state index in [1.807, 2.05) is 32.0 Å². The first-order valence-electron chi connectivity index (χ1n) is 12.7. The Labute approximate surface area is 212 Å². The van der Waals surface area contributed by atoms with E-state index < -0.39 is 35.6 Å². The molecule has 4 rings (SSSR count). The number of nitrogens with zero attached hydrogens (tertiary/aromatic N) is 2. The Hall–Kier alpha value is -2.97. The predicted octanol–water partition coefficient (Wildman–Crippen LogP) is 2.70. The molecule has 36 heavy (non-hydrogen) atoms. The van der Waals surface area contributed by atoms with E-state index in [1.54, 1.807) is 15.9 Å². The average Bonchev–Trinajstić information content (AvgIpc) is 3.50. The molecule has 8 heteroatoms. The second-order valence-corrected chi connectivity index (χ2v) is 9.96. The lowest BCUT2D eigenvalue weighted by Crippen LogP contribution is -2.56. The highest BCUT2D eigenvalue weighted by molar-refractivity contribution is 6.05. The molecule has 5 atom stereocenters. The fraction of sp³-hybridized carbons (Fsp3) is 0.536. The number of benzene rings is 1. The highest BCUT2D eigenvalue weighted by atomic mass is 16.6. The molecular weight excluding hydrogens is 460 g/mol. The van der Waals surface area contributed by atoms with Crippen molar-refractivity contribution in [1.29, 1.82) is 0 Å². The van der Waals surface area contributed by atoms with Crippen LogP contribution in [0.25, 0.3) is 0 Å². The summed E-state index contributed by atoms with van der Waals surface area (Å²) < 4.78 is 11.8. The molecule has 3 heterocycles. The molecule has 0 aromatic heterocycles. The molecule has 2 unspecified atom stereocenters. The third kappa shape index (κ3) is 4.26. The van der Waals surface area contributed by atoms with Gasteiger partial charge in [-0.05, 0) is 56.7 Å². The Morgan fingerprint density at radius 3 is 2.75 bits per heavy atom. The molecule has 2 bridgehead atoms. The van der Waals surface area contributed by atoms with Crippen molar-refractivity contribution in [2.75, 3.05) is 31.2 Å². The van der Waals surface area contributed by atoms with Crippen molar-refractivity contribution in [1.82, 2.24) is 4.90 Å². The number of rotatable bonds is 11. The summed E-state index contributed by atoms with van der Waals surface area (Å²) in [6.45, 7) is 12.0. The van der Waals surface area contributed by atoms with Gasteiger partial charge in [-0.2, -0.15) is 0 Å². The van der Waals surface area contributed by atoms with E-state index in [9.17, 15) is 19.5 Å². The Kier molecular flexibility index (Phi) is 7.66. The lowest BCUT2D eigenvalue weighted by atomic mass is 9.70. The van der Waals surface area contributed by atoms with Crippen LogP contribution in [0.15, 0.2) is 43.5 Å². The summed E-state index contributed by atoms with van der Waals surface area (Å²) in [4.78, 5) is 44.5. The van der Waals surface area contributed by atoms with Gasteiger partial charge in [0.05, 0.1) is 17.9 Å². The molecule has 194 valence electrons. The summed E-state index contributed by atoms with van der Waals surface area (Å²) in [7, 11) is 0. The van der Waals surface area contributed by atoms with E-state index in [0.29, 0.717) is 32.2 Å². The van der Waals surface area contributed by atoms with E-state index >= 15 is 0 Å². The van der Waals surface area contributed by atoms with Crippen LogP contribution in [0.1, 0.15) is 36.8 Å². The largest absolute Gasteiger partial charge is 0.461 e. The lowest BCUT2D eigenvalue weighted by molar-refractivity contribution is -0.154. The van der Waals surface area contributed by atoms with Gasteiger partial charge < -0.3 is 24.4 Å². The Balaban J connectivity index is 1.76. The third-order valence-corrected chi connectivity index (χ3v) is 7.69. The summed E-state index contributed by atoms with van der Waals surface area (Å²) >= 11 is 0. The lowest BCUT2D eigenvalue weighted by Gasteiger charge is -2.37. The van der Waals surface area contributed by atoms with Gasteiger partial charge in [0.25, 0.3) is 5.91 Å². The fourth-order valence-electron chi connectivity index (χ4n) is 6.17. The van der Waals surface area contributed by atoms with Gasteiger partial charge in [0.15, 0.2) is 0 Å². The minimum Gasteiger partial charge on any atom is -0.461 e. The van der Waals surface area contributed by atoms with Crippen LogP contribution in [0.3, 0.4) is 0 Å². The van der Waals surface area contributed by atoms with Crippen molar-refractivity contribution in [2.45, 2.75) is 57.3 Å². The summed E-state index contributed by atoms with van der Waals surface area (Å²) in [6, 6.07) is 5.04. The van der Waals surface area contributed by atoms with Crippen molar-refractivity contribution in [3.63, 3.8) is 0 Å². The quantitative estimate of drug-likeness (QED) is 0.288. The van der Waals surface area contributed by atoms with Gasteiger partial charge in [0, 0.05) is 25.4 Å². The maximum atomic E-state index is 14.4. The molecule has 3 aliphatic rings. The van der Waals surface area contributed by atoms with Gasteiger partial charge in [0.2, 0.25) is 5.91 Å². The number of aliphatic hydroxyl groups excluding tert-OH is 1. The molecule has 3 aliphatic heterocycles. The number of hydrogen-bond donors (Lipinski definition) is 1. The molecule has 0 aliphatic carbocycles. The second kappa shape index (κ2) is 10.6. The van der Waals surface area contributed by atoms with Crippen molar-refractivity contribution in [2.24, 2.45) is 11.8 Å².